The zero-order valence-electron chi connectivity index (χ0n) is 20.8. The van der Waals surface area contributed by atoms with Gasteiger partial charge in [0, 0.05) is 35.1 Å². The van der Waals surface area contributed by atoms with E-state index in [2.05, 4.69) is 28.3 Å². The molecule has 5 aromatic rings. The largest absolute Gasteiger partial charge is 0.493 e. The highest BCUT2D eigenvalue weighted by atomic mass is 19.1. The van der Waals surface area contributed by atoms with Crippen LogP contribution in [-0.2, 0) is 18.2 Å². The van der Waals surface area contributed by atoms with Crippen molar-refractivity contribution < 1.29 is 18.7 Å². The minimum atomic E-state index is -0.398. The molecule has 0 spiro atoms. The second-order valence-corrected chi connectivity index (χ2v) is 8.75. The highest BCUT2D eigenvalue weighted by molar-refractivity contribution is 6.04. The second-order valence-electron chi connectivity index (χ2n) is 8.75. The molecular weight excluding hydrogens is 469 g/mol. The number of para-hydroxylation sites is 1. The molecule has 0 saturated carbocycles. The van der Waals surface area contributed by atoms with Crippen LogP contribution < -0.4 is 4.74 Å². The summed E-state index contributed by atoms with van der Waals surface area (Å²) in [6.45, 7) is 2.56. The number of rotatable bonds is 9. The normalized spacial score (nSPS) is 11.5. The predicted octanol–water partition coefficient (Wildman–Crippen LogP) is 6.85. The first-order valence-corrected chi connectivity index (χ1v) is 12.3. The monoisotopic (exact) mass is 497 g/mol. The number of nitrogens with zero attached hydrogens (tertiary/aromatic N) is 2. The fraction of sp³-hybridized carbons (Fsp3) is 0.200. The van der Waals surface area contributed by atoms with E-state index in [0.29, 0.717) is 37.2 Å². The van der Waals surface area contributed by atoms with Crippen LogP contribution in [0.25, 0.3) is 38.9 Å². The smallest absolute Gasteiger partial charge is 0.355 e. The molecule has 0 aliphatic rings. The van der Waals surface area contributed by atoms with Gasteiger partial charge in [-0.2, -0.15) is 5.10 Å². The third-order valence-electron chi connectivity index (χ3n) is 6.37. The first kappa shape index (κ1) is 24.3. The Labute approximate surface area is 214 Å². The van der Waals surface area contributed by atoms with Crippen molar-refractivity contribution in [1.29, 1.82) is 0 Å². The minimum absolute atomic E-state index is 0.277. The van der Waals surface area contributed by atoms with Crippen LogP contribution in [0.5, 0.6) is 5.75 Å². The Kier molecular flexibility index (Phi) is 7.03. The van der Waals surface area contributed by atoms with Crippen LogP contribution in [-0.4, -0.2) is 33.9 Å². The molecule has 0 aliphatic carbocycles. The number of carbonyl (C=O) groups is 1. The van der Waals surface area contributed by atoms with E-state index in [9.17, 15) is 9.18 Å². The predicted molar refractivity (Wildman–Crippen MR) is 144 cm³/mol. The molecule has 0 radical (unpaired) electrons. The van der Waals surface area contributed by atoms with Gasteiger partial charge in [-0.05, 0) is 42.9 Å². The lowest BCUT2D eigenvalue weighted by atomic mass is 10.00. The molecule has 6 nitrogen and oxygen atoms in total. The number of fused-ring (bicyclic) bond motifs is 2. The van der Waals surface area contributed by atoms with Gasteiger partial charge in [-0.25, -0.2) is 9.18 Å². The molecule has 3 aromatic carbocycles. The van der Waals surface area contributed by atoms with Crippen molar-refractivity contribution in [3.05, 3.63) is 90.1 Å². The Morgan fingerprint density at radius 3 is 2.68 bits per heavy atom. The molecule has 0 saturated heterocycles. The van der Waals surface area contributed by atoms with Crippen molar-refractivity contribution >= 4 is 33.7 Å². The summed E-state index contributed by atoms with van der Waals surface area (Å²) in [7, 11) is 1.79. The summed E-state index contributed by atoms with van der Waals surface area (Å²) in [5.74, 6) is 0.444. The van der Waals surface area contributed by atoms with E-state index in [1.54, 1.807) is 18.7 Å². The maximum Gasteiger partial charge on any atom is 0.355 e. The molecule has 1 N–H and O–H groups in total. The number of benzene rings is 3. The highest BCUT2D eigenvalue weighted by Gasteiger charge is 2.22. The van der Waals surface area contributed by atoms with E-state index in [0.717, 1.165) is 44.1 Å². The summed E-state index contributed by atoms with van der Waals surface area (Å²) in [6, 6.07) is 20.0. The van der Waals surface area contributed by atoms with Gasteiger partial charge in [0.2, 0.25) is 0 Å². The fourth-order valence-corrected chi connectivity index (χ4v) is 4.78. The van der Waals surface area contributed by atoms with E-state index in [-0.39, 0.29) is 6.61 Å². The van der Waals surface area contributed by atoms with Crippen molar-refractivity contribution in [2.45, 2.75) is 19.8 Å². The fourth-order valence-electron chi connectivity index (χ4n) is 4.78. The summed E-state index contributed by atoms with van der Waals surface area (Å²) in [6.07, 6.45) is 4.97. The maximum atomic E-state index is 13.0. The Hall–Kier alpha value is -4.39. The number of halogens is 1. The summed E-state index contributed by atoms with van der Waals surface area (Å²) in [5, 5.41) is 7.48. The second kappa shape index (κ2) is 10.7. The number of nitrogens with one attached hydrogen (secondary N) is 1. The molecule has 0 atom stereocenters. The lowest BCUT2D eigenvalue weighted by Gasteiger charge is -2.10. The van der Waals surface area contributed by atoms with Gasteiger partial charge < -0.3 is 14.5 Å². The lowest BCUT2D eigenvalue weighted by Crippen LogP contribution is -2.09. The Morgan fingerprint density at radius 2 is 1.84 bits per heavy atom. The van der Waals surface area contributed by atoms with Crippen molar-refractivity contribution in [1.82, 2.24) is 14.8 Å². The molecule has 5 rings (SSSR count). The Morgan fingerprint density at radius 1 is 1.05 bits per heavy atom. The molecule has 2 aromatic heterocycles. The lowest BCUT2D eigenvalue weighted by molar-refractivity contribution is 0.0519. The molecule has 0 fully saturated rings. The van der Waals surface area contributed by atoms with Crippen LogP contribution in [0.15, 0.2) is 73.2 Å². The number of H-pyrrole nitrogens is 1. The number of hydrogen-bond acceptors (Lipinski definition) is 4. The quantitative estimate of drug-likeness (QED) is 0.179. The standard InChI is InChI=1S/C30H28FN3O3/c1-3-36-30(35)29-23(14-8-18-37-27-15-6-10-20-9-4-5-11-21(20)27)22-12-7-13-24(28(22)32-29)25-19-34(2)33-26(25)16-17-31/h4-7,9-13,15-17,19,32H,3,8,14,18H2,1-2H3/b17-16+. The van der Waals surface area contributed by atoms with Crippen LogP contribution in [0, 0.1) is 0 Å². The highest BCUT2D eigenvalue weighted by Crippen LogP contribution is 2.35. The van der Waals surface area contributed by atoms with Crippen molar-refractivity contribution in [3.8, 4) is 16.9 Å². The van der Waals surface area contributed by atoms with Gasteiger partial charge in [0.05, 0.1) is 30.8 Å². The average Bonchev–Trinajstić information content (AvgIpc) is 3.47. The average molecular weight is 498 g/mol. The Balaban J connectivity index is 1.46. The van der Waals surface area contributed by atoms with Gasteiger partial charge in [0.25, 0.3) is 0 Å². The van der Waals surface area contributed by atoms with Gasteiger partial charge in [0.15, 0.2) is 0 Å². The molecule has 37 heavy (non-hydrogen) atoms. The molecule has 0 unspecified atom stereocenters. The molecule has 0 bridgehead atoms. The molecule has 0 aliphatic heterocycles. The van der Waals surface area contributed by atoms with Gasteiger partial charge in [-0.3, -0.25) is 4.68 Å². The Bertz CT molecular complexity index is 1590. The maximum absolute atomic E-state index is 13.0. The van der Waals surface area contributed by atoms with E-state index in [4.69, 9.17) is 9.47 Å². The molecule has 7 heteroatoms. The van der Waals surface area contributed by atoms with Crippen LogP contribution in [0.2, 0.25) is 0 Å². The zero-order valence-corrected chi connectivity index (χ0v) is 20.8. The third-order valence-corrected chi connectivity index (χ3v) is 6.37. The number of aromatic amines is 1. The molecule has 0 amide bonds. The first-order chi connectivity index (χ1) is 18.1. The third kappa shape index (κ3) is 4.85. The van der Waals surface area contributed by atoms with E-state index in [1.807, 2.05) is 48.7 Å². The van der Waals surface area contributed by atoms with Crippen molar-refractivity contribution in [2.24, 2.45) is 7.05 Å². The van der Waals surface area contributed by atoms with Gasteiger partial charge >= 0.3 is 5.97 Å². The van der Waals surface area contributed by atoms with Crippen molar-refractivity contribution in [3.63, 3.8) is 0 Å². The topological polar surface area (TPSA) is 69.1 Å². The van der Waals surface area contributed by atoms with E-state index < -0.39 is 5.97 Å². The number of ether oxygens (including phenoxy) is 2. The summed E-state index contributed by atoms with van der Waals surface area (Å²) in [4.78, 5) is 16.2. The summed E-state index contributed by atoms with van der Waals surface area (Å²) < 4.78 is 26.2. The molecule has 188 valence electrons. The SMILES string of the molecule is CCOC(=O)c1[nH]c2c(-c3cn(C)nc3/C=C/F)cccc2c1CCCOc1cccc2ccccc12. The number of esters is 1. The van der Waals surface area contributed by atoms with Gasteiger partial charge in [-0.1, -0.05) is 54.6 Å². The first-order valence-electron chi connectivity index (χ1n) is 12.3. The number of aromatic nitrogens is 3. The number of aryl methyl sites for hydroxylation is 2. The van der Waals surface area contributed by atoms with Crippen molar-refractivity contribution in [2.75, 3.05) is 13.2 Å². The summed E-state index contributed by atoms with van der Waals surface area (Å²) in [5.41, 5.74) is 4.21. The van der Waals surface area contributed by atoms with Crippen LogP contribution >= 0.6 is 0 Å². The van der Waals surface area contributed by atoms with Crippen LogP contribution in [0.4, 0.5) is 4.39 Å². The van der Waals surface area contributed by atoms with Crippen LogP contribution in [0.3, 0.4) is 0 Å². The summed E-state index contributed by atoms with van der Waals surface area (Å²) >= 11 is 0. The molecular formula is C30H28FN3O3. The van der Waals surface area contributed by atoms with E-state index >= 15 is 0 Å². The van der Waals surface area contributed by atoms with Gasteiger partial charge in [0.1, 0.15) is 11.4 Å². The molecule has 2 heterocycles. The van der Waals surface area contributed by atoms with Gasteiger partial charge in [-0.15, -0.1) is 0 Å². The van der Waals surface area contributed by atoms with E-state index in [1.165, 1.54) is 6.08 Å². The minimum Gasteiger partial charge on any atom is -0.493 e. The zero-order chi connectivity index (χ0) is 25.8. The van der Waals surface area contributed by atoms with Crippen LogP contribution in [0.1, 0.15) is 35.1 Å². The number of hydrogen-bond donors (Lipinski definition) is 1. The number of carbonyl (C=O) groups excluding carboxylic acids is 1.